The zero-order valence-corrected chi connectivity index (χ0v) is 11.5. The number of rotatable bonds is 8. The van der Waals surface area contributed by atoms with E-state index in [0.29, 0.717) is 0 Å². The first kappa shape index (κ1) is 14.5. The molecule has 0 amide bonds. The fourth-order valence-electron chi connectivity index (χ4n) is 1.40. The van der Waals surface area contributed by atoms with Crippen LogP contribution in [0.25, 0.3) is 0 Å². The summed E-state index contributed by atoms with van der Waals surface area (Å²) < 4.78 is 11.8. The van der Waals surface area contributed by atoms with Crippen LogP contribution in [0.15, 0.2) is 0 Å². The maximum Gasteiger partial charge on any atom is 0.462 e. The highest BCUT2D eigenvalue weighted by atomic mass is 27.2. The minimum Gasteiger partial charge on any atom is -0.478 e. The zero-order chi connectivity index (χ0) is 11.0. The molecule has 0 saturated carbocycles. The van der Waals surface area contributed by atoms with Crippen LogP contribution in [0.3, 0.4) is 0 Å². The van der Waals surface area contributed by atoms with Gasteiger partial charge in [-0.1, -0.05) is 37.8 Å². The summed E-state index contributed by atoms with van der Waals surface area (Å²) in [6.07, 6.45) is 2.49. The van der Waals surface area contributed by atoms with Crippen molar-refractivity contribution in [3.63, 3.8) is 0 Å². The molecule has 2 nitrogen and oxygen atoms in total. The van der Waals surface area contributed by atoms with Gasteiger partial charge in [-0.05, 0) is 20.3 Å². The molecule has 0 rings (SSSR count). The molecule has 1 atom stereocenters. The standard InChI is InChI=1S/C7H15O2.2C2H5.Al/c1-4-5-7(8)9-6(2)3;2*1-2;/h6-7H,4-5H2,1-3H3;2*1H2,2H3;/q-1;;;+1. The van der Waals surface area contributed by atoms with Crippen molar-refractivity contribution < 1.29 is 8.53 Å². The number of hydrogen-bond donors (Lipinski definition) is 0. The minimum absolute atomic E-state index is 0.0524. The van der Waals surface area contributed by atoms with Crippen LogP contribution in [-0.4, -0.2) is 26.9 Å². The molecule has 0 bridgehead atoms. The van der Waals surface area contributed by atoms with Gasteiger partial charge in [-0.25, -0.2) is 0 Å². The average molecular weight is 216 g/mol. The minimum atomic E-state index is -0.965. The molecule has 0 radical (unpaired) electrons. The molecule has 0 spiro atoms. The monoisotopic (exact) mass is 216 g/mol. The van der Waals surface area contributed by atoms with E-state index in [9.17, 15) is 0 Å². The van der Waals surface area contributed by atoms with E-state index in [1.54, 1.807) is 0 Å². The van der Waals surface area contributed by atoms with Gasteiger partial charge in [0, 0.05) is 0 Å². The SMILES string of the molecule is CCCC(OC(C)C)[O][Al]([CH2]C)[CH2]C. The lowest BCUT2D eigenvalue weighted by molar-refractivity contribution is -0.114. The van der Waals surface area contributed by atoms with Crippen LogP contribution >= 0.6 is 0 Å². The Hall–Kier alpha value is 0.452. The van der Waals surface area contributed by atoms with Crippen molar-refractivity contribution in [2.75, 3.05) is 0 Å². The highest BCUT2D eigenvalue weighted by Gasteiger charge is 2.21. The summed E-state index contributed by atoms with van der Waals surface area (Å²) in [5.41, 5.74) is 0. The maximum absolute atomic E-state index is 6.02. The molecule has 1 unspecified atom stereocenters. The summed E-state index contributed by atoms with van der Waals surface area (Å²) in [7, 11) is 0. The summed E-state index contributed by atoms with van der Waals surface area (Å²) in [4.78, 5) is 0. The van der Waals surface area contributed by atoms with E-state index in [-0.39, 0.29) is 12.4 Å². The van der Waals surface area contributed by atoms with Gasteiger partial charge in [0.1, 0.15) is 6.29 Å². The molecular formula is C11H25AlO2. The quantitative estimate of drug-likeness (QED) is 0.456. The molecular weight excluding hydrogens is 191 g/mol. The first-order valence-electron chi connectivity index (χ1n) is 5.94. The molecule has 0 N–H and O–H groups in total. The summed E-state index contributed by atoms with van der Waals surface area (Å²) >= 11 is -0.965. The highest BCUT2D eigenvalue weighted by Crippen LogP contribution is 2.12. The molecule has 0 saturated heterocycles. The van der Waals surface area contributed by atoms with Gasteiger partial charge in [0.05, 0.1) is 6.10 Å². The second-order valence-corrected chi connectivity index (χ2v) is 7.13. The molecule has 0 heterocycles. The molecule has 0 aliphatic heterocycles. The van der Waals surface area contributed by atoms with Crippen molar-refractivity contribution in [2.24, 2.45) is 0 Å². The van der Waals surface area contributed by atoms with Gasteiger partial charge in [-0.2, -0.15) is 0 Å². The summed E-state index contributed by atoms with van der Waals surface area (Å²) in [6.45, 7) is 10.8. The Morgan fingerprint density at radius 1 is 1.07 bits per heavy atom. The Balaban J connectivity index is 3.92. The molecule has 3 heteroatoms. The first-order valence-corrected chi connectivity index (χ1v) is 8.05. The lowest BCUT2D eigenvalue weighted by Gasteiger charge is -2.24. The Kier molecular flexibility index (Phi) is 9.02. The van der Waals surface area contributed by atoms with E-state index < -0.39 is 14.5 Å². The largest absolute Gasteiger partial charge is 0.478 e. The van der Waals surface area contributed by atoms with Crippen LogP contribution in [-0.2, 0) is 8.53 Å². The van der Waals surface area contributed by atoms with Crippen LogP contribution in [0.5, 0.6) is 0 Å². The Morgan fingerprint density at radius 2 is 1.64 bits per heavy atom. The summed E-state index contributed by atoms with van der Waals surface area (Å²) in [6, 6.07) is 0. The van der Waals surface area contributed by atoms with Gasteiger partial charge >= 0.3 is 14.5 Å². The van der Waals surface area contributed by atoms with Crippen LogP contribution in [0.2, 0.25) is 10.6 Å². The van der Waals surface area contributed by atoms with Crippen LogP contribution < -0.4 is 0 Å². The molecule has 0 aromatic heterocycles. The van der Waals surface area contributed by atoms with Gasteiger partial charge in [0.25, 0.3) is 0 Å². The van der Waals surface area contributed by atoms with E-state index in [4.69, 9.17) is 8.53 Å². The van der Waals surface area contributed by atoms with E-state index in [1.165, 1.54) is 10.6 Å². The van der Waals surface area contributed by atoms with E-state index in [2.05, 4.69) is 34.6 Å². The van der Waals surface area contributed by atoms with Crippen LogP contribution in [0, 0.1) is 0 Å². The summed E-state index contributed by atoms with van der Waals surface area (Å²) in [5, 5.41) is 2.41. The van der Waals surface area contributed by atoms with Crippen LogP contribution in [0.4, 0.5) is 0 Å². The average Bonchev–Trinajstić information content (AvgIpc) is 2.13. The van der Waals surface area contributed by atoms with Crippen molar-refractivity contribution in [3.05, 3.63) is 0 Å². The molecule has 0 aromatic rings. The normalized spacial score (nSPS) is 13.3. The van der Waals surface area contributed by atoms with Crippen molar-refractivity contribution >= 4 is 14.5 Å². The van der Waals surface area contributed by atoms with E-state index in [0.717, 1.165) is 12.8 Å². The van der Waals surface area contributed by atoms with Crippen molar-refractivity contribution in [3.8, 4) is 0 Å². The van der Waals surface area contributed by atoms with Crippen molar-refractivity contribution in [1.82, 2.24) is 0 Å². The second-order valence-electron chi connectivity index (χ2n) is 3.98. The third-order valence-electron chi connectivity index (χ3n) is 2.20. The Labute approximate surface area is 93.7 Å². The third kappa shape index (κ3) is 6.84. The number of hydrogen-bond acceptors (Lipinski definition) is 2. The maximum atomic E-state index is 6.02. The van der Waals surface area contributed by atoms with Crippen LogP contribution in [0.1, 0.15) is 47.5 Å². The predicted molar refractivity (Wildman–Crippen MR) is 62.7 cm³/mol. The van der Waals surface area contributed by atoms with Gasteiger partial charge < -0.3 is 8.53 Å². The Morgan fingerprint density at radius 3 is 2.00 bits per heavy atom. The van der Waals surface area contributed by atoms with E-state index >= 15 is 0 Å². The second kappa shape index (κ2) is 8.74. The molecule has 0 aliphatic rings. The fourth-order valence-corrected chi connectivity index (χ4v) is 2.99. The van der Waals surface area contributed by atoms with Gasteiger partial charge in [0.15, 0.2) is 0 Å². The van der Waals surface area contributed by atoms with E-state index in [1.807, 2.05) is 0 Å². The molecule has 0 aromatic carbocycles. The molecule has 0 aliphatic carbocycles. The molecule has 14 heavy (non-hydrogen) atoms. The van der Waals surface area contributed by atoms with Gasteiger partial charge in [0.2, 0.25) is 0 Å². The highest BCUT2D eigenvalue weighted by molar-refractivity contribution is 6.51. The third-order valence-corrected chi connectivity index (χ3v) is 4.71. The van der Waals surface area contributed by atoms with Gasteiger partial charge in [-0.3, -0.25) is 0 Å². The molecule has 84 valence electrons. The van der Waals surface area contributed by atoms with Gasteiger partial charge in [-0.15, -0.1) is 0 Å². The lowest BCUT2D eigenvalue weighted by Crippen LogP contribution is -2.28. The summed E-state index contributed by atoms with van der Waals surface area (Å²) in [5.74, 6) is 0. The van der Waals surface area contributed by atoms with Crippen molar-refractivity contribution in [2.45, 2.75) is 70.4 Å². The zero-order valence-electron chi connectivity index (χ0n) is 10.4. The first-order chi connectivity index (χ1) is 6.63. The lowest BCUT2D eigenvalue weighted by atomic mass is 10.3. The van der Waals surface area contributed by atoms with Crippen molar-refractivity contribution in [1.29, 1.82) is 0 Å². The number of ether oxygens (including phenoxy) is 1. The Bertz CT molecular complexity index is 124. The topological polar surface area (TPSA) is 18.5 Å². The fraction of sp³-hybridized carbons (Fsp3) is 1.00. The predicted octanol–water partition coefficient (Wildman–Crippen LogP) is 3.59. The molecule has 0 fully saturated rings. The smallest absolute Gasteiger partial charge is 0.462 e.